The molecule has 6 nitrogen and oxygen atoms in total. The number of halogens is 1. The van der Waals surface area contributed by atoms with Gasteiger partial charge < -0.3 is 10.0 Å². The van der Waals surface area contributed by atoms with Crippen molar-refractivity contribution in [1.82, 2.24) is 9.62 Å². The van der Waals surface area contributed by atoms with Crippen molar-refractivity contribution in [2.24, 2.45) is 5.92 Å². The first kappa shape index (κ1) is 20.9. The second-order valence-electron chi connectivity index (χ2n) is 5.95. The molecule has 0 aliphatic carbocycles. The van der Waals surface area contributed by atoms with Gasteiger partial charge in [-0.05, 0) is 50.4 Å². The van der Waals surface area contributed by atoms with Crippen molar-refractivity contribution in [2.75, 3.05) is 26.2 Å². The minimum absolute atomic E-state index is 0. The second-order valence-corrected chi connectivity index (χ2v) is 7.71. The number of benzene rings is 1. The maximum atomic E-state index is 12.1. The van der Waals surface area contributed by atoms with E-state index in [1.807, 2.05) is 0 Å². The van der Waals surface area contributed by atoms with Crippen LogP contribution < -0.4 is 4.72 Å². The van der Waals surface area contributed by atoms with Crippen LogP contribution in [-0.4, -0.2) is 50.6 Å². The molecule has 1 heterocycles. The number of sulfonamides is 1. The summed E-state index contributed by atoms with van der Waals surface area (Å²) in [5.41, 5.74) is 0. The SMILES string of the molecule is Cl.O=C(O)CC1CCCN(CCNS(=O)(=O)c2ccccc2)CC1. The summed E-state index contributed by atoms with van der Waals surface area (Å²) >= 11 is 0. The molecule has 0 saturated carbocycles. The smallest absolute Gasteiger partial charge is 0.303 e. The molecular weight excluding hydrogens is 352 g/mol. The van der Waals surface area contributed by atoms with Gasteiger partial charge >= 0.3 is 5.97 Å². The lowest BCUT2D eigenvalue weighted by Crippen LogP contribution is -2.35. The number of nitrogens with one attached hydrogen (secondary N) is 1. The third-order valence-corrected chi connectivity index (χ3v) is 5.65. The monoisotopic (exact) mass is 376 g/mol. The van der Waals surface area contributed by atoms with Gasteiger partial charge in [0.2, 0.25) is 10.0 Å². The highest BCUT2D eigenvalue weighted by atomic mass is 35.5. The van der Waals surface area contributed by atoms with Crippen molar-refractivity contribution in [3.05, 3.63) is 30.3 Å². The Balaban J connectivity index is 0.00000288. The van der Waals surface area contributed by atoms with E-state index in [-0.39, 0.29) is 29.6 Å². The van der Waals surface area contributed by atoms with Crippen molar-refractivity contribution in [3.63, 3.8) is 0 Å². The van der Waals surface area contributed by atoms with Crippen molar-refractivity contribution >= 4 is 28.4 Å². The predicted octanol–water partition coefficient (Wildman–Crippen LogP) is 1.96. The first-order valence-corrected chi connectivity index (χ1v) is 9.44. The van der Waals surface area contributed by atoms with Crippen LogP contribution in [0.1, 0.15) is 25.7 Å². The van der Waals surface area contributed by atoms with Gasteiger partial charge in [0.1, 0.15) is 0 Å². The average molecular weight is 377 g/mol. The van der Waals surface area contributed by atoms with E-state index < -0.39 is 16.0 Å². The number of nitrogens with zero attached hydrogens (tertiary/aromatic N) is 1. The molecule has 1 aromatic rings. The fourth-order valence-electron chi connectivity index (χ4n) is 2.92. The Labute approximate surface area is 149 Å². The van der Waals surface area contributed by atoms with Crippen molar-refractivity contribution < 1.29 is 18.3 Å². The van der Waals surface area contributed by atoms with Crippen LogP contribution in [0.2, 0.25) is 0 Å². The number of aliphatic carboxylic acids is 1. The van der Waals surface area contributed by atoms with Gasteiger partial charge in [-0.1, -0.05) is 18.2 Å². The predicted molar refractivity (Wildman–Crippen MR) is 94.9 cm³/mol. The summed E-state index contributed by atoms with van der Waals surface area (Å²) in [7, 11) is -3.45. The molecule has 1 aliphatic rings. The highest BCUT2D eigenvalue weighted by Gasteiger charge is 2.19. The average Bonchev–Trinajstić information content (AvgIpc) is 2.73. The molecule has 0 amide bonds. The van der Waals surface area contributed by atoms with E-state index in [0.717, 1.165) is 32.4 Å². The Morgan fingerprint density at radius 1 is 1.21 bits per heavy atom. The number of carbonyl (C=O) groups is 1. The zero-order valence-electron chi connectivity index (χ0n) is 13.6. The van der Waals surface area contributed by atoms with Gasteiger partial charge in [-0.3, -0.25) is 4.79 Å². The molecule has 1 aliphatic heterocycles. The van der Waals surface area contributed by atoms with Gasteiger partial charge in [0.15, 0.2) is 0 Å². The lowest BCUT2D eigenvalue weighted by Gasteiger charge is -2.20. The molecule has 8 heteroatoms. The van der Waals surface area contributed by atoms with E-state index in [2.05, 4.69) is 9.62 Å². The summed E-state index contributed by atoms with van der Waals surface area (Å²) < 4.78 is 26.9. The van der Waals surface area contributed by atoms with Crippen LogP contribution in [0.5, 0.6) is 0 Å². The number of rotatable bonds is 7. The molecular formula is C16H25ClN2O4S. The van der Waals surface area contributed by atoms with Gasteiger partial charge in [-0.25, -0.2) is 13.1 Å². The molecule has 2 rings (SSSR count). The van der Waals surface area contributed by atoms with E-state index in [1.165, 1.54) is 0 Å². The molecule has 0 aromatic heterocycles. The Bertz CT molecular complexity index is 610. The van der Waals surface area contributed by atoms with E-state index in [0.29, 0.717) is 13.1 Å². The summed E-state index contributed by atoms with van der Waals surface area (Å²) in [5, 5.41) is 8.87. The molecule has 0 radical (unpaired) electrons. The summed E-state index contributed by atoms with van der Waals surface area (Å²) in [4.78, 5) is 13.3. The lowest BCUT2D eigenvalue weighted by molar-refractivity contribution is -0.138. The van der Waals surface area contributed by atoms with Crippen molar-refractivity contribution in [1.29, 1.82) is 0 Å². The van der Waals surface area contributed by atoms with Gasteiger partial charge in [0.05, 0.1) is 4.90 Å². The molecule has 1 unspecified atom stereocenters. The first-order chi connectivity index (χ1) is 11.0. The molecule has 1 atom stereocenters. The van der Waals surface area contributed by atoms with Gasteiger partial charge in [0.25, 0.3) is 0 Å². The van der Waals surface area contributed by atoms with Crippen molar-refractivity contribution in [2.45, 2.75) is 30.6 Å². The van der Waals surface area contributed by atoms with Crippen LogP contribution in [-0.2, 0) is 14.8 Å². The Kier molecular flexibility index (Phi) is 8.69. The third-order valence-electron chi connectivity index (χ3n) is 4.18. The van der Waals surface area contributed by atoms with Crippen LogP contribution in [0.4, 0.5) is 0 Å². The molecule has 136 valence electrons. The topological polar surface area (TPSA) is 86.7 Å². The number of carboxylic acid groups (broad SMARTS) is 1. The van der Waals surface area contributed by atoms with Crippen molar-refractivity contribution in [3.8, 4) is 0 Å². The Morgan fingerprint density at radius 3 is 2.58 bits per heavy atom. The molecule has 0 bridgehead atoms. The molecule has 1 fully saturated rings. The maximum Gasteiger partial charge on any atom is 0.303 e. The first-order valence-electron chi connectivity index (χ1n) is 7.96. The number of likely N-dealkylation sites (tertiary alicyclic amines) is 1. The fourth-order valence-corrected chi connectivity index (χ4v) is 3.96. The number of hydrogen-bond donors (Lipinski definition) is 2. The highest BCUT2D eigenvalue weighted by molar-refractivity contribution is 7.89. The molecule has 1 aromatic carbocycles. The minimum Gasteiger partial charge on any atom is -0.481 e. The van der Waals surface area contributed by atoms with Gasteiger partial charge in [-0.15, -0.1) is 12.4 Å². The van der Waals surface area contributed by atoms with Crippen LogP contribution in [0.3, 0.4) is 0 Å². The van der Waals surface area contributed by atoms with Gasteiger partial charge in [0, 0.05) is 19.5 Å². The Morgan fingerprint density at radius 2 is 1.92 bits per heavy atom. The molecule has 0 spiro atoms. The van der Waals surface area contributed by atoms with Crippen LogP contribution >= 0.6 is 12.4 Å². The summed E-state index contributed by atoms with van der Waals surface area (Å²) in [6.07, 6.45) is 2.98. The van der Waals surface area contributed by atoms with E-state index in [9.17, 15) is 13.2 Å². The van der Waals surface area contributed by atoms with Gasteiger partial charge in [-0.2, -0.15) is 0 Å². The normalized spacial score (nSPS) is 19.2. The number of hydrogen-bond acceptors (Lipinski definition) is 4. The van der Waals surface area contributed by atoms with E-state index in [4.69, 9.17) is 5.11 Å². The molecule has 1 saturated heterocycles. The summed E-state index contributed by atoms with van der Waals surface area (Å²) in [6.45, 7) is 2.72. The second kappa shape index (κ2) is 9.98. The minimum atomic E-state index is -3.45. The fraction of sp³-hybridized carbons (Fsp3) is 0.562. The molecule has 2 N–H and O–H groups in total. The standard InChI is InChI=1S/C16H24N2O4S.ClH/c19-16(20)13-14-5-4-10-18(11-8-14)12-9-17-23(21,22)15-6-2-1-3-7-15;/h1-3,6-7,14,17H,4-5,8-13H2,(H,19,20);1H. The third kappa shape index (κ3) is 6.76. The quantitative estimate of drug-likeness (QED) is 0.759. The molecule has 24 heavy (non-hydrogen) atoms. The van der Waals surface area contributed by atoms with Crippen LogP contribution in [0, 0.1) is 5.92 Å². The number of carboxylic acids is 1. The summed E-state index contributed by atoms with van der Waals surface area (Å²) in [6, 6.07) is 8.33. The lowest BCUT2D eigenvalue weighted by atomic mass is 9.97. The summed E-state index contributed by atoms with van der Waals surface area (Å²) in [5.74, 6) is -0.502. The zero-order chi connectivity index (χ0) is 16.7. The van der Waals surface area contributed by atoms with E-state index in [1.54, 1.807) is 30.3 Å². The van der Waals surface area contributed by atoms with Crippen LogP contribution in [0.25, 0.3) is 0 Å². The Hall–Kier alpha value is -1.15. The zero-order valence-corrected chi connectivity index (χ0v) is 15.2. The van der Waals surface area contributed by atoms with E-state index >= 15 is 0 Å². The maximum absolute atomic E-state index is 12.1. The van der Waals surface area contributed by atoms with Crippen LogP contribution in [0.15, 0.2) is 35.2 Å². The highest BCUT2D eigenvalue weighted by Crippen LogP contribution is 2.20. The largest absolute Gasteiger partial charge is 0.481 e.